The lowest BCUT2D eigenvalue weighted by Crippen LogP contribution is -2.36. The average molecular weight is 290 g/mol. The van der Waals surface area contributed by atoms with E-state index in [1.165, 1.54) is 0 Å². The van der Waals surface area contributed by atoms with Gasteiger partial charge in [0.25, 0.3) is 0 Å². The number of aromatic nitrogens is 3. The van der Waals surface area contributed by atoms with Crippen molar-refractivity contribution in [2.45, 2.75) is 52.5 Å². The molecule has 0 unspecified atom stereocenters. The molecule has 21 heavy (non-hydrogen) atoms. The topological polar surface area (TPSA) is 55.9 Å². The molecule has 0 saturated carbocycles. The summed E-state index contributed by atoms with van der Waals surface area (Å²) in [5, 5.41) is 7.90. The number of nitrogens with zero attached hydrogens (tertiary/aromatic N) is 3. The van der Waals surface area contributed by atoms with Crippen molar-refractivity contribution in [3.8, 4) is 11.5 Å². The van der Waals surface area contributed by atoms with Gasteiger partial charge in [-0.3, -0.25) is 4.68 Å². The van der Waals surface area contributed by atoms with Crippen LogP contribution in [0.4, 0.5) is 0 Å². The quantitative estimate of drug-likeness (QED) is 0.831. The Morgan fingerprint density at radius 3 is 2.71 bits per heavy atom. The first-order chi connectivity index (χ1) is 9.89. The predicted octanol–water partition coefficient (Wildman–Crippen LogP) is 2.96. The van der Waals surface area contributed by atoms with Gasteiger partial charge in [0.15, 0.2) is 11.7 Å². The highest BCUT2D eigenvalue weighted by Crippen LogP contribution is 2.21. The van der Waals surface area contributed by atoms with Gasteiger partial charge < -0.3 is 9.73 Å². The molecule has 0 fully saturated rings. The molecule has 2 rings (SSSR count). The van der Waals surface area contributed by atoms with E-state index in [9.17, 15) is 0 Å². The summed E-state index contributed by atoms with van der Waals surface area (Å²) in [4.78, 5) is 4.37. The van der Waals surface area contributed by atoms with Crippen molar-refractivity contribution in [1.82, 2.24) is 20.1 Å². The van der Waals surface area contributed by atoms with E-state index in [0.717, 1.165) is 48.8 Å². The second-order valence-electron chi connectivity index (χ2n) is 6.40. The molecule has 1 N–H and O–H groups in total. The predicted molar refractivity (Wildman–Crippen MR) is 84.2 cm³/mol. The Labute approximate surface area is 126 Å². The van der Waals surface area contributed by atoms with Crippen LogP contribution in [0, 0.1) is 0 Å². The standard InChI is InChI=1S/C16H26N4O/c1-6-12-10-13(20(5)19-12)14-11-17-15(21-14)8-7-9-18-16(2,3)4/h10-11,18H,6-9H2,1-5H3. The van der Waals surface area contributed by atoms with Crippen LogP contribution in [-0.4, -0.2) is 26.8 Å². The molecule has 5 heteroatoms. The summed E-state index contributed by atoms with van der Waals surface area (Å²) in [7, 11) is 1.93. The fourth-order valence-electron chi connectivity index (χ4n) is 2.18. The van der Waals surface area contributed by atoms with Gasteiger partial charge in [0.05, 0.1) is 11.9 Å². The van der Waals surface area contributed by atoms with Crippen molar-refractivity contribution in [2.75, 3.05) is 6.54 Å². The van der Waals surface area contributed by atoms with E-state index < -0.39 is 0 Å². The number of hydrogen-bond donors (Lipinski definition) is 1. The second kappa shape index (κ2) is 6.43. The molecule has 0 atom stereocenters. The van der Waals surface area contributed by atoms with E-state index in [1.807, 2.05) is 11.7 Å². The van der Waals surface area contributed by atoms with Gasteiger partial charge in [-0.25, -0.2) is 4.98 Å². The van der Waals surface area contributed by atoms with Crippen LogP contribution in [0.3, 0.4) is 0 Å². The van der Waals surface area contributed by atoms with E-state index in [-0.39, 0.29) is 5.54 Å². The van der Waals surface area contributed by atoms with Crippen LogP contribution < -0.4 is 5.32 Å². The van der Waals surface area contributed by atoms with Crippen molar-refractivity contribution in [1.29, 1.82) is 0 Å². The van der Waals surface area contributed by atoms with Crippen LogP contribution in [0.15, 0.2) is 16.7 Å². The van der Waals surface area contributed by atoms with E-state index >= 15 is 0 Å². The lowest BCUT2D eigenvalue weighted by atomic mass is 10.1. The van der Waals surface area contributed by atoms with Crippen LogP contribution >= 0.6 is 0 Å². The van der Waals surface area contributed by atoms with Gasteiger partial charge in [0.1, 0.15) is 5.69 Å². The summed E-state index contributed by atoms with van der Waals surface area (Å²) in [6.07, 6.45) is 4.58. The third-order valence-corrected chi connectivity index (χ3v) is 3.32. The highest BCUT2D eigenvalue weighted by Gasteiger charge is 2.12. The molecule has 0 aliphatic rings. The zero-order chi connectivity index (χ0) is 15.5. The molecular formula is C16H26N4O. The Morgan fingerprint density at radius 2 is 2.10 bits per heavy atom. The molecule has 0 amide bonds. The fourth-order valence-corrected chi connectivity index (χ4v) is 2.18. The molecule has 2 heterocycles. The zero-order valence-electron chi connectivity index (χ0n) is 13.7. The highest BCUT2D eigenvalue weighted by atomic mass is 16.4. The van der Waals surface area contributed by atoms with Gasteiger partial charge in [0.2, 0.25) is 0 Å². The number of aryl methyl sites for hydroxylation is 3. The van der Waals surface area contributed by atoms with Crippen LogP contribution in [-0.2, 0) is 19.9 Å². The molecule has 0 aliphatic carbocycles. The molecule has 5 nitrogen and oxygen atoms in total. The summed E-state index contributed by atoms with van der Waals surface area (Å²) in [5.41, 5.74) is 2.21. The maximum atomic E-state index is 5.84. The highest BCUT2D eigenvalue weighted by molar-refractivity contribution is 5.51. The first-order valence-corrected chi connectivity index (χ1v) is 7.62. The van der Waals surface area contributed by atoms with Gasteiger partial charge in [-0.15, -0.1) is 0 Å². The Bertz CT molecular complexity index is 577. The Morgan fingerprint density at radius 1 is 1.33 bits per heavy atom. The number of oxazole rings is 1. The third-order valence-electron chi connectivity index (χ3n) is 3.32. The van der Waals surface area contributed by atoms with E-state index in [4.69, 9.17) is 4.42 Å². The molecule has 0 radical (unpaired) electrons. The number of nitrogens with one attached hydrogen (secondary N) is 1. The van der Waals surface area contributed by atoms with Crippen LogP contribution in [0.2, 0.25) is 0 Å². The zero-order valence-corrected chi connectivity index (χ0v) is 13.7. The molecular weight excluding hydrogens is 264 g/mol. The van der Waals surface area contributed by atoms with Crippen LogP contribution in [0.5, 0.6) is 0 Å². The van der Waals surface area contributed by atoms with Gasteiger partial charge in [-0.2, -0.15) is 5.10 Å². The molecule has 0 aromatic carbocycles. The monoisotopic (exact) mass is 290 g/mol. The normalized spacial score (nSPS) is 12.0. The summed E-state index contributed by atoms with van der Waals surface area (Å²) >= 11 is 0. The molecule has 0 bridgehead atoms. The smallest absolute Gasteiger partial charge is 0.195 e. The maximum absolute atomic E-state index is 5.84. The van der Waals surface area contributed by atoms with Crippen molar-refractivity contribution in [2.24, 2.45) is 7.05 Å². The average Bonchev–Trinajstić information content (AvgIpc) is 2.99. The van der Waals surface area contributed by atoms with E-state index in [1.54, 1.807) is 6.20 Å². The summed E-state index contributed by atoms with van der Waals surface area (Å²) < 4.78 is 7.69. The largest absolute Gasteiger partial charge is 0.439 e. The lowest BCUT2D eigenvalue weighted by molar-refractivity contribution is 0.412. The van der Waals surface area contributed by atoms with E-state index in [0.29, 0.717) is 0 Å². The van der Waals surface area contributed by atoms with Crippen molar-refractivity contribution in [3.05, 3.63) is 23.8 Å². The Hall–Kier alpha value is -1.62. The summed E-state index contributed by atoms with van der Waals surface area (Å²) in [5.74, 6) is 1.59. The SMILES string of the molecule is CCc1cc(-c2cnc(CCCNC(C)(C)C)o2)n(C)n1. The molecule has 0 saturated heterocycles. The second-order valence-corrected chi connectivity index (χ2v) is 6.40. The molecule has 116 valence electrons. The third kappa shape index (κ3) is 4.43. The van der Waals surface area contributed by atoms with Gasteiger partial charge >= 0.3 is 0 Å². The van der Waals surface area contributed by atoms with Crippen molar-refractivity contribution >= 4 is 0 Å². The Balaban J connectivity index is 1.93. The van der Waals surface area contributed by atoms with Gasteiger partial charge in [0, 0.05) is 19.0 Å². The number of rotatable bonds is 6. The molecule has 0 spiro atoms. The van der Waals surface area contributed by atoms with Gasteiger partial charge in [-0.1, -0.05) is 6.92 Å². The maximum Gasteiger partial charge on any atom is 0.195 e. The summed E-state index contributed by atoms with van der Waals surface area (Å²) in [6, 6.07) is 2.06. The number of hydrogen-bond acceptors (Lipinski definition) is 4. The molecule has 2 aromatic heterocycles. The summed E-state index contributed by atoms with van der Waals surface area (Å²) in [6.45, 7) is 9.57. The lowest BCUT2D eigenvalue weighted by Gasteiger charge is -2.19. The van der Waals surface area contributed by atoms with Gasteiger partial charge in [-0.05, 0) is 46.2 Å². The first kappa shape index (κ1) is 15.8. The van der Waals surface area contributed by atoms with Crippen molar-refractivity contribution in [3.63, 3.8) is 0 Å². The minimum Gasteiger partial charge on any atom is -0.439 e. The first-order valence-electron chi connectivity index (χ1n) is 7.62. The van der Waals surface area contributed by atoms with Crippen LogP contribution in [0.25, 0.3) is 11.5 Å². The van der Waals surface area contributed by atoms with Crippen LogP contribution in [0.1, 0.15) is 45.7 Å². The fraction of sp³-hybridized carbons (Fsp3) is 0.625. The minimum absolute atomic E-state index is 0.160. The van der Waals surface area contributed by atoms with Crippen molar-refractivity contribution < 1.29 is 4.42 Å². The molecule has 0 aliphatic heterocycles. The Kier molecular flexibility index (Phi) is 4.83. The minimum atomic E-state index is 0.160. The molecule has 2 aromatic rings. The van der Waals surface area contributed by atoms with E-state index in [2.05, 4.69) is 49.2 Å².